The number of nitriles is 1. The van der Waals surface area contributed by atoms with Gasteiger partial charge in [-0.2, -0.15) is 10.4 Å². The first-order valence-electron chi connectivity index (χ1n) is 13.9. The molecular formula is C30H38N6O3. The molecule has 1 amide bonds. The van der Waals surface area contributed by atoms with E-state index in [0.29, 0.717) is 29.2 Å². The van der Waals surface area contributed by atoms with Gasteiger partial charge in [-0.15, -0.1) is 0 Å². The van der Waals surface area contributed by atoms with Crippen LogP contribution in [0.2, 0.25) is 0 Å². The molecule has 0 bridgehead atoms. The van der Waals surface area contributed by atoms with Gasteiger partial charge in [0.15, 0.2) is 0 Å². The van der Waals surface area contributed by atoms with Crippen LogP contribution in [-0.4, -0.2) is 40.0 Å². The van der Waals surface area contributed by atoms with E-state index in [1.165, 1.54) is 0 Å². The fourth-order valence-corrected chi connectivity index (χ4v) is 5.33. The lowest BCUT2D eigenvalue weighted by atomic mass is 9.91. The van der Waals surface area contributed by atoms with Crippen LogP contribution in [0.3, 0.4) is 0 Å². The number of aromatic nitrogens is 2. The number of nitrogens with one attached hydrogen (secondary N) is 1. The number of anilines is 3. The first-order chi connectivity index (χ1) is 18.7. The summed E-state index contributed by atoms with van der Waals surface area (Å²) in [7, 11) is 0. The van der Waals surface area contributed by atoms with Crippen molar-refractivity contribution in [2.75, 3.05) is 16.8 Å². The van der Waals surface area contributed by atoms with Crippen LogP contribution in [0.4, 0.5) is 22.0 Å². The smallest absolute Gasteiger partial charge is 0.420 e. The van der Waals surface area contributed by atoms with Gasteiger partial charge in [-0.05, 0) is 102 Å². The second kappa shape index (κ2) is 10.8. The molecule has 3 aromatic rings. The third-order valence-corrected chi connectivity index (χ3v) is 7.27. The molecule has 2 fully saturated rings. The van der Waals surface area contributed by atoms with Gasteiger partial charge in [0.1, 0.15) is 28.8 Å². The Bertz CT molecular complexity index is 1370. The van der Waals surface area contributed by atoms with E-state index >= 15 is 0 Å². The highest BCUT2D eigenvalue weighted by atomic mass is 16.6. The Hall–Kier alpha value is -3.77. The minimum absolute atomic E-state index is 0.196. The summed E-state index contributed by atoms with van der Waals surface area (Å²) >= 11 is 0. The van der Waals surface area contributed by atoms with Crippen molar-refractivity contribution in [2.24, 2.45) is 5.73 Å². The highest BCUT2D eigenvalue weighted by molar-refractivity contribution is 5.99. The molecule has 2 aliphatic rings. The molecule has 9 nitrogen and oxygen atoms in total. The summed E-state index contributed by atoms with van der Waals surface area (Å²) in [6, 6.07) is 12.1. The van der Waals surface area contributed by atoms with Gasteiger partial charge in [-0.25, -0.2) is 14.2 Å². The van der Waals surface area contributed by atoms with Crippen molar-refractivity contribution < 1.29 is 14.3 Å². The number of nitrogens with two attached hydrogens (primary N) is 1. The van der Waals surface area contributed by atoms with Gasteiger partial charge >= 0.3 is 6.09 Å². The molecular weight excluding hydrogens is 492 g/mol. The predicted octanol–water partition coefficient (Wildman–Crippen LogP) is 6.24. The molecule has 2 aromatic heterocycles. The summed E-state index contributed by atoms with van der Waals surface area (Å²) < 4.78 is 13.3. The largest absolute Gasteiger partial charge is 0.494 e. The lowest BCUT2D eigenvalue weighted by Gasteiger charge is -2.32. The number of pyridine rings is 1. The maximum absolute atomic E-state index is 14.0. The minimum Gasteiger partial charge on any atom is -0.494 e. The molecule has 0 atom stereocenters. The van der Waals surface area contributed by atoms with E-state index in [2.05, 4.69) is 16.5 Å². The number of benzene rings is 1. The van der Waals surface area contributed by atoms with Gasteiger partial charge in [-0.1, -0.05) is 0 Å². The molecule has 0 aliphatic heterocycles. The Morgan fingerprint density at radius 2 is 1.85 bits per heavy atom. The normalized spacial score (nSPS) is 19.4. The second-order valence-corrected chi connectivity index (χ2v) is 11.5. The molecule has 2 aliphatic carbocycles. The zero-order chi connectivity index (χ0) is 27.7. The van der Waals surface area contributed by atoms with Crippen LogP contribution in [0, 0.1) is 11.3 Å². The van der Waals surface area contributed by atoms with Gasteiger partial charge in [0.25, 0.3) is 0 Å². The Kier molecular flexibility index (Phi) is 7.41. The SMILES string of the molecule is CCOc1ccc(N(C(=O)OC(C)(C)C)c2c(C3CC3)c(NC3CCC(N)CC3)c(C#N)c3ccnn23)cc1. The summed E-state index contributed by atoms with van der Waals surface area (Å²) in [5.41, 5.74) is 9.01. The van der Waals surface area contributed by atoms with Crippen LogP contribution in [0.5, 0.6) is 5.75 Å². The number of ether oxygens (including phenoxy) is 2. The lowest BCUT2D eigenvalue weighted by Crippen LogP contribution is -2.36. The van der Waals surface area contributed by atoms with Gasteiger partial charge < -0.3 is 20.5 Å². The third kappa shape index (κ3) is 5.66. The van der Waals surface area contributed by atoms with E-state index in [9.17, 15) is 10.1 Å². The summed E-state index contributed by atoms with van der Waals surface area (Å²) in [5.74, 6) is 1.52. The van der Waals surface area contributed by atoms with Crippen molar-refractivity contribution >= 4 is 28.8 Å². The van der Waals surface area contributed by atoms with Crippen LogP contribution in [0.25, 0.3) is 5.52 Å². The van der Waals surface area contributed by atoms with Gasteiger partial charge in [-0.3, -0.25) is 0 Å². The zero-order valence-electron chi connectivity index (χ0n) is 23.2. The van der Waals surface area contributed by atoms with E-state index in [1.54, 1.807) is 15.6 Å². The fourth-order valence-electron chi connectivity index (χ4n) is 5.33. The molecule has 3 N–H and O–H groups in total. The van der Waals surface area contributed by atoms with Crippen LogP contribution in [-0.2, 0) is 4.74 Å². The first kappa shape index (κ1) is 26.8. The molecule has 39 heavy (non-hydrogen) atoms. The van der Waals surface area contributed by atoms with E-state index in [1.807, 2.05) is 58.0 Å². The van der Waals surface area contributed by atoms with Gasteiger partial charge in [0.05, 0.1) is 29.7 Å². The molecule has 0 radical (unpaired) electrons. The molecule has 9 heteroatoms. The number of amides is 1. The van der Waals surface area contributed by atoms with E-state index < -0.39 is 11.7 Å². The number of nitrogens with zero attached hydrogens (tertiary/aromatic N) is 4. The first-order valence-corrected chi connectivity index (χ1v) is 13.9. The minimum atomic E-state index is -0.710. The highest BCUT2D eigenvalue weighted by Gasteiger charge is 2.39. The molecule has 206 valence electrons. The number of carbonyl (C=O) groups excluding carboxylic acids is 1. The van der Waals surface area contributed by atoms with Gasteiger partial charge in [0, 0.05) is 17.6 Å². The quantitative estimate of drug-likeness (QED) is 0.371. The maximum Gasteiger partial charge on any atom is 0.420 e. The number of hydrogen-bond donors (Lipinski definition) is 2. The second-order valence-electron chi connectivity index (χ2n) is 11.5. The highest BCUT2D eigenvalue weighted by Crippen LogP contribution is 2.51. The maximum atomic E-state index is 14.0. The van der Waals surface area contributed by atoms with Crippen LogP contribution < -0.4 is 20.7 Å². The van der Waals surface area contributed by atoms with Crippen molar-refractivity contribution in [2.45, 2.75) is 89.8 Å². The van der Waals surface area contributed by atoms with Crippen molar-refractivity contribution in [3.63, 3.8) is 0 Å². The Morgan fingerprint density at radius 1 is 1.15 bits per heavy atom. The van der Waals surface area contributed by atoms with E-state index in [0.717, 1.165) is 55.5 Å². The molecule has 1 aromatic carbocycles. The Labute approximate surface area is 229 Å². The summed E-state index contributed by atoms with van der Waals surface area (Å²) in [6.45, 7) is 8.04. The number of rotatable bonds is 7. The fraction of sp³-hybridized carbons (Fsp3) is 0.500. The molecule has 0 saturated heterocycles. The third-order valence-electron chi connectivity index (χ3n) is 7.27. The number of carbonyl (C=O) groups is 1. The van der Waals surface area contributed by atoms with Crippen molar-refractivity contribution in [1.29, 1.82) is 5.26 Å². The summed E-state index contributed by atoms with van der Waals surface area (Å²) in [6.07, 6.45) is 6.86. The van der Waals surface area contributed by atoms with Gasteiger partial charge in [0.2, 0.25) is 0 Å². The van der Waals surface area contributed by atoms with E-state index in [-0.39, 0.29) is 18.0 Å². The zero-order valence-corrected chi connectivity index (χ0v) is 23.2. The predicted molar refractivity (Wildman–Crippen MR) is 152 cm³/mol. The van der Waals surface area contributed by atoms with Crippen molar-refractivity contribution in [3.8, 4) is 11.8 Å². The molecule has 0 unspecified atom stereocenters. The van der Waals surface area contributed by atoms with Crippen LogP contribution >= 0.6 is 0 Å². The molecule has 2 saturated carbocycles. The number of hydrogen-bond acceptors (Lipinski definition) is 7. The average molecular weight is 531 g/mol. The Morgan fingerprint density at radius 3 is 2.44 bits per heavy atom. The molecule has 0 spiro atoms. The molecule has 5 rings (SSSR count). The summed E-state index contributed by atoms with van der Waals surface area (Å²) in [4.78, 5) is 15.6. The standard InChI is InChI=1S/C30H38N6O3/c1-5-38-23-14-12-22(13-15-23)35(29(37)39-30(2,3)4)28-26(19-6-7-19)27(34-21-10-8-20(32)9-11-21)24(18-31)25-16-17-33-36(25)28/h12-17,19-21,34H,5-11,32H2,1-4H3. The Balaban J connectivity index is 1.72. The van der Waals surface area contributed by atoms with Crippen molar-refractivity contribution in [3.05, 3.63) is 47.7 Å². The number of fused-ring (bicyclic) bond motifs is 1. The molecule has 2 heterocycles. The van der Waals surface area contributed by atoms with E-state index in [4.69, 9.17) is 15.2 Å². The lowest BCUT2D eigenvalue weighted by molar-refractivity contribution is 0.0597. The monoisotopic (exact) mass is 530 g/mol. The summed E-state index contributed by atoms with van der Waals surface area (Å²) in [5, 5.41) is 18.7. The van der Waals surface area contributed by atoms with Crippen LogP contribution in [0.1, 0.15) is 83.3 Å². The van der Waals surface area contributed by atoms with Crippen molar-refractivity contribution in [1.82, 2.24) is 9.61 Å². The topological polar surface area (TPSA) is 118 Å². The average Bonchev–Trinajstić information content (AvgIpc) is 3.61. The van der Waals surface area contributed by atoms with Crippen LogP contribution in [0.15, 0.2) is 36.5 Å².